The fourth-order valence-electron chi connectivity index (χ4n) is 1.94. The molecule has 1 fully saturated rings. The van der Waals surface area contributed by atoms with E-state index in [2.05, 4.69) is 0 Å². The van der Waals surface area contributed by atoms with Crippen molar-refractivity contribution in [2.45, 2.75) is 6.42 Å². The lowest BCUT2D eigenvalue weighted by molar-refractivity contribution is -0.384. The van der Waals surface area contributed by atoms with Gasteiger partial charge in [-0.2, -0.15) is 0 Å². The lowest BCUT2D eigenvalue weighted by Gasteiger charge is -2.13. The molecular weight excluding hydrogens is 324 g/mol. The van der Waals surface area contributed by atoms with Crippen LogP contribution in [-0.4, -0.2) is 40.3 Å². The summed E-state index contributed by atoms with van der Waals surface area (Å²) in [4.78, 5) is 24.6. The van der Waals surface area contributed by atoms with Crippen LogP contribution in [0.4, 0.5) is 5.69 Å². The third-order valence-corrected chi connectivity index (χ3v) is 4.36. The summed E-state index contributed by atoms with van der Waals surface area (Å²) in [7, 11) is 1.60. The first-order valence-corrected chi connectivity index (χ1v) is 7.74. The number of nitro benzene ring substituents is 1. The first-order valence-electron chi connectivity index (χ1n) is 6.51. The summed E-state index contributed by atoms with van der Waals surface area (Å²) in [5.41, 5.74) is 0.593. The van der Waals surface area contributed by atoms with E-state index in [0.717, 1.165) is 0 Å². The highest BCUT2D eigenvalue weighted by atomic mass is 32.2. The maximum absolute atomic E-state index is 12.3. The van der Waals surface area contributed by atoms with Crippen molar-refractivity contribution < 1.29 is 14.5 Å². The number of ether oxygens (including phenoxy) is 1. The van der Waals surface area contributed by atoms with Gasteiger partial charge in [0.25, 0.3) is 11.6 Å². The summed E-state index contributed by atoms with van der Waals surface area (Å²) in [6, 6.07) is 6.14. The van der Waals surface area contributed by atoms with E-state index in [0.29, 0.717) is 34.4 Å². The van der Waals surface area contributed by atoms with E-state index in [1.165, 1.54) is 28.8 Å². The van der Waals surface area contributed by atoms with Crippen molar-refractivity contribution in [2.24, 2.45) is 0 Å². The van der Waals surface area contributed by atoms with E-state index in [9.17, 15) is 14.9 Å². The van der Waals surface area contributed by atoms with Crippen LogP contribution in [0.15, 0.2) is 29.2 Å². The summed E-state index contributed by atoms with van der Waals surface area (Å²) in [6.45, 7) is 1.06. The molecule has 1 aromatic rings. The minimum atomic E-state index is -0.465. The van der Waals surface area contributed by atoms with Crippen LogP contribution in [0, 0.1) is 10.1 Å². The Bertz CT molecular complexity index is 645. The predicted octanol–water partition coefficient (Wildman–Crippen LogP) is 2.83. The highest BCUT2D eigenvalue weighted by Gasteiger charge is 2.31. The average Bonchev–Trinajstić information content (AvgIpc) is 2.75. The van der Waals surface area contributed by atoms with Crippen LogP contribution in [0.1, 0.15) is 12.0 Å². The zero-order valence-electron chi connectivity index (χ0n) is 11.9. The summed E-state index contributed by atoms with van der Waals surface area (Å²) < 4.78 is 5.46. The second-order valence-corrected chi connectivity index (χ2v) is 6.21. The zero-order valence-corrected chi connectivity index (χ0v) is 13.5. The molecule has 0 aliphatic carbocycles. The maximum atomic E-state index is 12.3. The molecule has 22 heavy (non-hydrogen) atoms. The molecule has 1 saturated heterocycles. The summed E-state index contributed by atoms with van der Waals surface area (Å²) in [5.74, 6) is -0.169. The Kier molecular flexibility index (Phi) is 5.64. The molecule has 0 saturated carbocycles. The smallest absolute Gasteiger partial charge is 0.270 e. The van der Waals surface area contributed by atoms with Crippen LogP contribution in [0.3, 0.4) is 0 Å². The Morgan fingerprint density at radius 1 is 1.50 bits per heavy atom. The monoisotopic (exact) mass is 338 g/mol. The average molecular weight is 338 g/mol. The van der Waals surface area contributed by atoms with Crippen LogP contribution in [0.25, 0.3) is 6.08 Å². The van der Waals surface area contributed by atoms with Crippen molar-refractivity contribution in [3.63, 3.8) is 0 Å². The molecule has 1 aliphatic heterocycles. The molecule has 0 atom stereocenters. The molecule has 0 aromatic heterocycles. The van der Waals surface area contributed by atoms with Gasteiger partial charge >= 0.3 is 0 Å². The standard InChI is InChI=1S/C14H14N2O4S2/c1-20-7-3-6-15-13(17)12(22-14(15)21)9-10-4-2-5-11(8-10)16(18)19/h2,4-5,8-9H,3,6-7H2,1H3/b12-9+. The Labute approximate surface area is 137 Å². The van der Waals surface area contributed by atoms with Crippen LogP contribution in [0.5, 0.6) is 0 Å². The molecule has 0 unspecified atom stereocenters. The largest absolute Gasteiger partial charge is 0.385 e. The Balaban J connectivity index is 2.15. The van der Waals surface area contributed by atoms with E-state index in [1.807, 2.05) is 0 Å². The SMILES string of the molecule is COCCCN1C(=O)/C(=C\c2cccc([N+](=O)[O-])c2)SC1=S. The number of nitro groups is 1. The normalized spacial score (nSPS) is 16.6. The number of nitrogens with zero attached hydrogens (tertiary/aromatic N) is 2. The van der Waals surface area contributed by atoms with Crippen LogP contribution < -0.4 is 0 Å². The fourth-order valence-corrected chi connectivity index (χ4v) is 3.25. The quantitative estimate of drug-likeness (QED) is 0.261. The number of amides is 1. The zero-order chi connectivity index (χ0) is 16.1. The van der Waals surface area contributed by atoms with Crippen LogP contribution in [-0.2, 0) is 9.53 Å². The molecule has 1 heterocycles. The summed E-state index contributed by atoms with van der Waals surface area (Å²) in [6.07, 6.45) is 2.33. The summed E-state index contributed by atoms with van der Waals surface area (Å²) >= 11 is 6.41. The lowest BCUT2D eigenvalue weighted by atomic mass is 10.2. The van der Waals surface area contributed by atoms with E-state index in [4.69, 9.17) is 17.0 Å². The van der Waals surface area contributed by atoms with Gasteiger partial charge in [-0.25, -0.2) is 0 Å². The van der Waals surface area contributed by atoms with Crippen LogP contribution >= 0.6 is 24.0 Å². The van der Waals surface area contributed by atoms with Gasteiger partial charge in [0.1, 0.15) is 4.32 Å². The van der Waals surface area contributed by atoms with Gasteiger partial charge in [0.05, 0.1) is 9.83 Å². The molecule has 1 amide bonds. The van der Waals surface area contributed by atoms with Gasteiger partial charge in [0.2, 0.25) is 0 Å². The van der Waals surface area contributed by atoms with Gasteiger partial charge in [0.15, 0.2) is 0 Å². The highest BCUT2D eigenvalue weighted by molar-refractivity contribution is 8.26. The third kappa shape index (κ3) is 3.90. The third-order valence-electron chi connectivity index (χ3n) is 2.98. The van der Waals surface area contributed by atoms with Gasteiger partial charge in [-0.1, -0.05) is 36.1 Å². The predicted molar refractivity (Wildman–Crippen MR) is 89.5 cm³/mol. The van der Waals surface area contributed by atoms with Crippen molar-refractivity contribution in [3.8, 4) is 0 Å². The van der Waals surface area contributed by atoms with Gasteiger partial charge in [0, 0.05) is 32.4 Å². The maximum Gasteiger partial charge on any atom is 0.270 e. The molecule has 0 spiro atoms. The number of thioether (sulfide) groups is 1. The second kappa shape index (κ2) is 7.48. The number of thiocarbonyl (C=S) groups is 1. The van der Waals surface area contributed by atoms with Crippen molar-refractivity contribution >= 4 is 46.0 Å². The first-order chi connectivity index (χ1) is 10.5. The molecule has 8 heteroatoms. The molecular formula is C14H14N2O4S2. The lowest BCUT2D eigenvalue weighted by Crippen LogP contribution is -2.29. The van der Waals surface area contributed by atoms with E-state index in [1.54, 1.807) is 25.3 Å². The van der Waals surface area contributed by atoms with E-state index in [-0.39, 0.29) is 11.6 Å². The topological polar surface area (TPSA) is 72.7 Å². The number of rotatable bonds is 6. The molecule has 116 valence electrons. The molecule has 1 aliphatic rings. The Morgan fingerprint density at radius 2 is 2.27 bits per heavy atom. The second-order valence-electron chi connectivity index (χ2n) is 4.53. The van der Waals surface area contributed by atoms with Gasteiger partial charge in [-0.3, -0.25) is 19.8 Å². The Morgan fingerprint density at radius 3 is 2.95 bits per heavy atom. The van der Waals surface area contributed by atoms with Crippen molar-refractivity contribution in [1.82, 2.24) is 4.90 Å². The molecule has 0 radical (unpaired) electrons. The minimum absolute atomic E-state index is 0.00989. The van der Waals surface area contributed by atoms with E-state index < -0.39 is 4.92 Å². The molecule has 1 aromatic carbocycles. The van der Waals surface area contributed by atoms with E-state index >= 15 is 0 Å². The highest BCUT2D eigenvalue weighted by Crippen LogP contribution is 2.32. The fraction of sp³-hybridized carbons (Fsp3) is 0.286. The Hall–Kier alpha value is -1.77. The number of hydrogen-bond acceptors (Lipinski definition) is 6. The minimum Gasteiger partial charge on any atom is -0.385 e. The molecule has 0 bridgehead atoms. The number of carbonyl (C=O) groups excluding carboxylic acids is 1. The van der Waals surface area contributed by atoms with Gasteiger partial charge in [-0.15, -0.1) is 0 Å². The summed E-state index contributed by atoms with van der Waals surface area (Å²) in [5, 5.41) is 10.8. The number of benzene rings is 1. The van der Waals surface area contributed by atoms with Gasteiger partial charge in [-0.05, 0) is 18.1 Å². The number of non-ortho nitro benzene ring substituents is 1. The van der Waals surface area contributed by atoms with Crippen molar-refractivity contribution in [1.29, 1.82) is 0 Å². The molecule has 2 rings (SSSR count). The van der Waals surface area contributed by atoms with Crippen molar-refractivity contribution in [3.05, 3.63) is 44.8 Å². The van der Waals surface area contributed by atoms with Crippen molar-refractivity contribution in [2.75, 3.05) is 20.3 Å². The molecule has 0 N–H and O–H groups in total. The number of hydrogen-bond donors (Lipinski definition) is 0. The van der Waals surface area contributed by atoms with Gasteiger partial charge < -0.3 is 4.74 Å². The molecule has 6 nitrogen and oxygen atoms in total. The van der Waals surface area contributed by atoms with Crippen LogP contribution in [0.2, 0.25) is 0 Å². The number of methoxy groups -OCH3 is 1. The number of carbonyl (C=O) groups is 1. The first kappa shape index (κ1) is 16.6.